The Morgan fingerprint density at radius 2 is 2.06 bits per heavy atom. The smallest absolute Gasteiger partial charge is 0.0110 e. The van der Waals surface area contributed by atoms with Crippen LogP contribution >= 0.6 is 11.3 Å². The first-order valence-corrected chi connectivity index (χ1v) is 8.12. The van der Waals surface area contributed by atoms with Crippen LogP contribution in [0.15, 0.2) is 16.8 Å². The number of rotatable bonds is 7. The van der Waals surface area contributed by atoms with Crippen LogP contribution in [0.3, 0.4) is 0 Å². The van der Waals surface area contributed by atoms with Crippen molar-refractivity contribution in [3.05, 3.63) is 22.4 Å². The van der Waals surface area contributed by atoms with Crippen molar-refractivity contribution in [1.29, 1.82) is 0 Å². The zero-order chi connectivity index (χ0) is 13.6. The minimum atomic E-state index is 0.404. The van der Waals surface area contributed by atoms with Gasteiger partial charge in [0.1, 0.15) is 0 Å². The van der Waals surface area contributed by atoms with E-state index in [9.17, 15) is 0 Å². The van der Waals surface area contributed by atoms with E-state index in [0.29, 0.717) is 11.5 Å². The number of hydrogen-bond acceptors (Lipinski definition) is 2. The molecule has 2 unspecified atom stereocenters. The molecule has 0 aliphatic carbocycles. The van der Waals surface area contributed by atoms with Crippen LogP contribution in [0.4, 0.5) is 0 Å². The van der Waals surface area contributed by atoms with Gasteiger partial charge in [-0.05, 0) is 59.5 Å². The van der Waals surface area contributed by atoms with Crippen LogP contribution in [0.1, 0.15) is 53.0 Å². The minimum absolute atomic E-state index is 0.404. The lowest BCUT2D eigenvalue weighted by atomic mass is 9.78. The Labute approximate surface area is 117 Å². The minimum Gasteiger partial charge on any atom is -0.314 e. The van der Waals surface area contributed by atoms with Gasteiger partial charge in [-0.15, -0.1) is 0 Å². The number of nitrogens with one attached hydrogen (secondary N) is 1. The van der Waals surface area contributed by atoms with Gasteiger partial charge in [-0.2, -0.15) is 11.3 Å². The van der Waals surface area contributed by atoms with Crippen molar-refractivity contribution in [1.82, 2.24) is 5.32 Å². The lowest BCUT2D eigenvalue weighted by molar-refractivity contribution is 0.222. The second kappa shape index (κ2) is 7.30. The molecule has 1 heterocycles. The van der Waals surface area contributed by atoms with E-state index >= 15 is 0 Å². The van der Waals surface area contributed by atoms with E-state index in [4.69, 9.17) is 0 Å². The molecular formula is C16H29NS. The van der Waals surface area contributed by atoms with Crippen molar-refractivity contribution in [2.75, 3.05) is 6.54 Å². The summed E-state index contributed by atoms with van der Waals surface area (Å²) in [6.07, 6.45) is 3.65. The fraction of sp³-hybridized carbons (Fsp3) is 0.750. The van der Waals surface area contributed by atoms with Gasteiger partial charge < -0.3 is 5.32 Å². The highest BCUT2D eigenvalue weighted by atomic mass is 32.1. The monoisotopic (exact) mass is 267 g/mol. The summed E-state index contributed by atoms with van der Waals surface area (Å²) >= 11 is 1.80. The maximum atomic E-state index is 3.72. The highest BCUT2D eigenvalue weighted by molar-refractivity contribution is 7.07. The third kappa shape index (κ3) is 5.53. The number of thiophene rings is 1. The molecule has 18 heavy (non-hydrogen) atoms. The molecule has 0 fully saturated rings. The van der Waals surface area contributed by atoms with Crippen molar-refractivity contribution >= 4 is 11.3 Å². The van der Waals surface area contributed by atoms with E-state index < -0.39 is 0 Å². The Morgan fingerprint density at radius 1 is 1.33 bits per heavy atom. The lowest BCUT2D eigenvalue weighted by Gasteiger charge is -2.31. The average Bonchev–Trinajstić information content (AvgIpc) is 2.77. The predicted molar refractivity (Wildman–Crippen MR) is 83.3 cm³/mol. The fourth-order valence-electron chi connectivity index (χ4n) is 2.06. The summed E-state index contributed by atoms with van der Waals surface area (Å²) in [5.41, 5.74) is 1.88. The van der Waals surface area contributed by atoms with Crippen LogP contribution in [0, 0.1) is 11.3 Å². The molecule has 0 spiro atoms. The Morgan fingerprint density at radius 3 is 2.56 bits per heavy atom. The maximum Gasteiger partial charge on any atom is 0.0110 e. The molecular weight excluding hydrogens is 238 g/mol. The summed E-state index contributed by atoms with van der Waals surface area (Å²) in [6.45, 7) is 12.8. The summed E-state index contributed by atoms with van der Waals surface area (Å²) in [6, 6.07) is 2.88. The molecule has 0 radical (unpaired) electrons. The van der Waals surface area contributed by atoms with Crippen molar-refractivity contribution < 1.29 is 0 Å². The third-order valence-electron chi connectivity index (χ3n) is 3.86. The molecule has 2 atom stereocenters. The molecule has 2 heteroatoms. The second-order valence-corrected chi connectivity index (χ2v) is 7.27. The van der Waals surface area contributed by atoms with Gasteiger partial charge in [0.2, 0.25) is 0 Å². The molecule has 0 saturated carbocycles. The second-order valence-electron chi connectivity index (χ2n) is 6.49. The molecule has 1 N–H and O–H groups in total. The van der Waals surface area contributed by atoms with Gasteiger partial charge in [-0.25, -0.2) is 0 Å². The standard InChI is InChI=1S/C16H29NS/c1-6-8-17-15(10-13(2)16(3,4)5)11-14-7-9-18-12-14/h7,9,12-13,15,17H,6,8,10-11H2,1-5H3. The van der Waals surface area contributed by atoms with Gasteiger partial charge in [0.15, 0.2) is 0 Å². The van der Waals surface area contributed by atoms with Gasteiger partial charge in [0.05, 0.1) is 0 Å². The van der Waals surface area contributed by atoms with Crippen LogP contribution in [0.25, 0.3) is 0 Å². The van der Waals surface area contributed by atoms with Crippen LogP contribution in [0.5, 0.6) is 0 Å². The van der Waals surface area contributed by atoms with Crippen LogP contribution in [-0.4, -0.2) is 12.6 Å². The highest BCUT2D eigenvalue weighted by Crippen LogP contribution is 2.29. The summed E-state index contributed by atoms with van der Waals surface area (Å²) < 4.78 is 0. The van der Waals surface area contributed by atoms with Gasteiger partial charge in [-0.1, -0.05) is 34.6 Å². The van der Waals surface area contributed by atoms with Crippen molar-refractivity contribution in [3.8, 4) is 0 Å². The summed E-state index contributed by atoms with van der Waals surface area (Å²) in [4.78, 5) is 0. The molecule has 1 nitrogen and oxygen atoms in total. The molecule has 104 valence electrons. The van der Waals surface area contributed by atoms with Gasteiger partial charge >= 0.3 is 0 Å². The van der Waals surface area contributed by atoms with E-state index in [1.807, 2.05) is 0 Å². The quantitative estimate of drug-likeness (QED) is 0.753. The molecule has 1 rings (SSSR count). The van der Waals surface area contributed by atoms with Crippen LogP contribution in [0.2, 0.25) is 0 Å². The van der Waals surface area contributed by atoms with Gasteiger partial charge in [-0.3, -0.25) is 0 Å². The summed E-state index contributed by atoms with van der Waals surface area (Å²) in [5.74, 6) is 0.741. The van der Waals surface area contributed by atoms with Crippen LogP contribution in [-0.2, 0) is 6.42 Å². The third-order valence-corrected chi connectivity index (χ3v) is 4.59. The summed E-state index contributed by atoms with van der Waals surface area (Å²) in [7, 11) is 0. The average molecular weight is 267 g/mol. The van der Waals surface area contributed by atoms with E-state index in [0.717, 1.165) is 12.5 Å². The molecule has 0 aliphatic heterocycles. The molecule has 0 aromatic carbocycles. The van der Waals surface area contributed by atoms with Gasteiger partial charge in [0, 0.05) is 6.04 Å². The first-order valence-electron chi connectivity index (χ1n) is 7.18. The Hall–Kier alpha value is -0.340. The molecule has 0 amide bonds. The summed E-state index contributed by atoms with van der Waals surface area (Å²) in [5, 5.41) is 8.18. The number of hydrogen-bond donors (Lipinski definition) is 1. The normalized spacial score (nSPS) is 15.6. The SMILES string of the molecule is CCCNC(Cc1ccsc1)CC(C)C(C)(C)C. The molecule has 1 aromatic heterocycles. The first kappa shape index (κ1) is 15.7. The topological polar surface area (TPSA) is 12.0 Å². The Kier molecular flexibility index (Phi) is 6.37. The highest BCUT2D eigenvalue weighted by Gasteiger charge is 2.23. The van der Waals surface area contributed by atoms with Crippen molar-refractivity contribution in [2.45, 2.75) is 59.9 Å². The van der Waals surface area contributed by atoms with E-state index in [-0.39, 0.29) is 0 Å². The maximum absolute atomic E-state index is 3.72. The van der Waals surface area contributed by atoms with E-state index in [2.05, 4.69) is 56.8 Å². The lowest BCUT2D eigenvalue weighted by Crippen LogP contribution is -2.35. The fourth-order valence-corrected chi connectivity index (χ4v) is 2.74. The molecule has 1 aromatic rings. The van der Waals surface area contributed by atoms with E-state index in [1.54, 1.807) is 11.3 Å². The molecule has 0 bridgehead atoms. The molecule has 0 aliphatic rings. The molecule has 0 saturated heterocycles. The van der Waals surface area contributed by atoms with Crippen LogP contribution < -0.4 is 5.32 Å². The largest absolute Gasteiger partial charge is 0.314 e. The Balaban J connectivity index is 2.55. The van der Waals surface area contributed by atoms with Crippen molar-refractivity contribution in [2.24, 2.45) is 11.3 Å². The predicted octanol–water partition coefficient (Wildman–Crippen LogP) is 4.73. The Bertz CT molecular complexity index is 310. The first-order chi connectivity index (χ1) is 8.43. The van der Waals surface area contributed by atoms with Crippen molar-refractivity contribution in [3.63, 3.8) is 0 Å². The zero-order valence-electron chi connectivity index (χ0n) is 12.6. The van der Waals surface area contributed by atoms with E-state index in [1.165, 1.54) is 24.8 Å². The zero-order valence-corrected chi connectivity index (χ0v) is 13.4. The van der Waals surface area contributed by atoms with Gasteiger partial charge in [0.25, 0.3) is 0 Å².